The maximum atomic E-state index is 11.5. The zero-order valence-electron chi connectivity index (χ0n) is 15.0. The summed E-state index contributed by atoms with van der Waals surface area (Å²) in [5.41, 5.74) is 2.35. The van der Waals surface area contributed by atoms with Gasteiger partial charge < -0.3 is 9.47 Å². The van der Waals surface area contributed by atoms with Crippen LogP contribution in [0.15, 0.2) is 34.0 Å². The third-order valence-corrected chi connectivity index (χ3v) is 6.28. The van der Waals surface area contributed by atoms with Crippen LogP contribution in [0, 0.1) is 0 Å². The van der Waals surface area contributed by atoms with Crippen molar-refractivity contribution in [1.82, 2.24) is 15.2 Å². The molecule has 1 N–H and O–H groups in total. The molecule has 3 rings (SSSR count). The van der Waals surface area contributed by atoms with Crippen LogP contribution < -0.4 is 5.32 Å². The summed E-state index contributed by atoms with van der Waals surface area (Å²) >= 11 is 4.30. The molecule has 11 heteroatoms. The van der Waals surface area contributed by atoms with Crippen molar-refractivity contribution < 1.29 is 19.1 Å². The van der Waals surface area contributed by atoms with Gasteiger partial charge in [-0.2, -0.15) is 0 Å². The van der Waals surface area contributed by atoms with Gasteiger partial charge >= 0.3 is 12.1 Å². The topological polar surface area (TPSA) is 103 Å². The predicted octanol–water partition coefficient (Wildman–Crippen LogP) is 4.31. The molecule has 146 valence electrons. The Morgan fingerprint density at radius 1 is 1.21 bits per heavy atom. The molecule has 0 bridgehead atoms. The maximum absolute atomic E-state index is 11.5. The molecule has 2 aromatic heterocycles. The first-order valence-electron chi connectivity index (χ1n) is 8.12. The van der Waals surface area contributed by atoms with E-state index in [1.807, 2.05) is 17.5 Å². The van der Waals surface area contributed by atoms with Gasteiger partial charge in [-0.3, -0.25) is 5.32 Å². The Morgan fingerprint density at radius 2 is 2.00 bits per heavy atom. The van der Waals surface area contributed by atoms with E-state index in [4.69, 9.17) is 9.47 Å². The largest absolute Gasteiger partial charge is 0.465 e. The molecule has 0 saturated heterocycles. The summed E-state index contributed by atoms with van der Waals surface area (Å²) < 4.78 is 10.2. The van der Waals surface area contributed by atoms with Gasteiger partial charge in [-0.15, -0.1) is 21.5 Å². The highest BCUT2D eigenvalue weighted by Gasteiger charge is 2.11. The van der Waals surface area contributed by atoms with Crippen molar-refractivity contribution in [2.75, 3.05) is 19.0 Å². The average Bonchev–Trinajstić information content (AvgIpc) is 3.35. The van der Waals surface area contributed by atoms with Crippen molar-refractivity contribution in [3.63, 3.8) is 0 Å². The fraction of sp³-hybridized carbons (Fsp3) is 0.235. The maximum Gasteiger partial charge on any atom is 0.413 e. The van der Waals surface area contributed by atoms with E-state index in [-0.39, 0.29) is 5.97 Å². The standard InChI is InChI=1S/C17H16N4O4S3/c1-3-25-16(23)19-15-20-21-17(28-15)27-9-12-8-26-13(18-12)10-4-6-11(7-5-10)14(22)24-2/h4-8H,3,9H2,1-2H3,(H,19,20,23). The number of nitrogens with zero attached hydrogens (tertiary/aromatic N) is 3. The number of hydrogen-bond acceptors (Lipinski definition) is 10. The number of methoxy groups -OCH3 is 1. The van der Waals surface area contributed by atoms with E-state index in [1.165, 1.54) is 41.5 Å². The van der Waals surface area contributed by atoms with Crippen LogP contribution >= 0.6 is 34.4 Å². The second-order valence-corrected chi connectivity index (χ2v) is 8.28. The number of amides is 1. The molecule has 0 saturated carbocycles. The molecule has 1 amide bonds. The lowest BCUT2D eigenvalue weighted by Gasteiger charge is -2.00. The van der Waals surface area contributed by atoms with Crippen molar-refractivity contribution in [2.24, 2.45) is 0 Å². The number of rotatable bonds is 7. The van der Waals surface area contributed by atoms with Crippen LogP contribution in [0.2, 0.25) is 0 Å². The zero-order valence-corrected chi connectivity index (χ0v) is 17.4. The van der Waals surface area contributed by atoms with Crippen molar-refractivity contribution in [2.45, 2.75) is 17.0 Å². The summed E-state index contributed by atoms with van der Waals surface area (Å²) in [6.07, 6.45) is -0.544. The number of anilines is 1. The molecular formula is C17H16N4O4S3. The lowest BCUT2D eigenvalue weighted by atomic mass is 10.1. The summed E-state index contributed by atoms with van der Waals surface area (Å²) in [4.78, 5) is 27.5. The number of aromatic nitrogens is 3. The lowest BCUT2D eigenvalue weighted by Crippen LogP contribution is -2.12. The van der Waals surface area contributed by atoms with Crippen molar-refractivity contribution in [3.05, 3.63) is 40.9 Å². The molecule has 0 unspecified atom stereocenters. The van der Waals surface area contributed by atoms with Gasteiger partial charge in [0.2, 0.25) is 5.13 Å². The molecule has 0 aliphatic carbocycles. The van der Waals surface area contributed by atoms with Gasteiger partial charge in [0.1, 0.15) is 5.01 Å². The Labute approximate surface area is 173 Å². The van der Waals surface area contributed by atoms with Gasteiger partial charge in [-0.1, -0.05) is 35.2 Å². The van der Waals surface area contributed by atoms with E-state index in [2.05, 4.69) is 20.5 Å². The minimum absolute atomic E-state index is 0.295. The summed E-state index contributed by atoms with van der Waals surface area (Å²) in [5, 5.41) is 13.7. The second kappa shape index (κ2) is 9.62. The number of hydrogen-bond donors (Lipinski definition) is 1. The minimum atomic E-state index is -0.544. The molecule has 1 aromatic carbocycles. The van der Waals surface area contributed by atoms with E-state index in [0.29, 0.717) is 23.1 Å². The average molecular weight is 437 g/mol. The van der Waals surface area contributed by atoms with Crippen LogP contribution in [0.5, 0.6) is 0 Å². The Bertz CT molecular complexity index is 955. The number of benzene rings is 1. The summed E-state index contributed by atoms with van der Waals surface area (Å²) in [7, 11) is 1.36. The van der Waals surface area contributed by atoms with E-state index >= 15 is 0 Å². The van der Waals surface area contributed by atoms with Gasteiger partial charge in [0.05, 0.1) is 25.0 Å². The first-order valence-corrected chi connectivity index (χ1v) is 10.8. The highest BCUT2D eigenvalue weighted by atomic mass is 32.2. The Morgan fingerprint density at radius 3 is 2.71 bits per heavy atom. The van der Waals surface area contributed by atoms with Crippen molar-refractivity contribution >= 4 is 51.6 Å². The van der Waals surface area contributed by atoms with E-state index in [1.54, 1.807) is 19.1 Å². The van der Waals surface area contributed by atoms with E-state index in [0.717, 1.165) is 20.6 Å². The fourth-order valence-electron chi connectivity index (χ4n) is 2.08. The number of thiazole rings is 1. The number of esters is 1. The number of ether oxygens (including phenoxy) is 2. The molecule has 0 aliphatic heterocycles. The van der Waals surface area contributed by atoms with Gasteiger partial charge in [-0.05, 0) is 19.1 Å². The second-order valence-electron chi connectivity index (χ2n) is 5.22. The molecule has 0 radical (unpaired) electrons. The lowest BCUT2D eigenvalue weighted by molar-refractivity contribution is 0.0600. The van der Waals surface area contributed by atoms with E-state index in [9.17, 15) is 9.59 Å². The smallest absolute Gasteiger partial charge is 0.413 e. The third kappa shape index (κ3) is 5.27. The summed E-state index contributed by atoms with van der Waals surface area (Å²) in [5.74, 6) is 0.266. The fourth-order valence-corrected chi connectivity index (χ4v) is 4.64. The van der Waals surface area contributed by atoms with Crippen LogP contribution in [0.3, 0.4) is 0 Å². The normalized spacial score (nSPS) is 10.5. The Hall–Kier alpha value is -2.50. The summed E-state index contributed by atoms with van der Waals surface area (Å²) in [6.45, 7) is 2.03. The predicted molar refractivity (Wildman–Crippen MR) is 109 cm³/mol. The van der Waals surface area contributed by atoms with Crippen LogP contribution in [0.25, 0.3) is 10.6 Å². The van der Waals surface area contributed by atoms with Crippen LogP contribution in [-0.4, -0.2) is 41.0 Å². The SMILES string of the molecule is CCOC(=O)Nc1nnc(SCc2csc(-c3ccc(C(=O)OC)cc3)n2)s1. The van der Waals surface area contributed by atoms with Gasteiger partial charge in [-0.25, -0.2) is 14.6 Å². The molecule has 0 fully saturated rings. The van der Waals surface area contributed by atoms with Crippen LogP contribution in [0.4, 0.5) is 9.93 Å². The molecule has 2 heterocycles. The van der Waals surface area contributed by atoms with Gasteiger partial charge in [0.25, 0.3) is 0 Å². The van der Waals surface area contributed by atoms with Crippen molar-refractivity contribution in [1.29, 1.82) is 0 Å². The number of carbonyl (C=O) groups excluding carboxylic acids is 2. The molecule has 8 nitrogen and oxygen atoms in total. The molecule has 28 heavy (non-hydrogen) atoms. The number of nitrogens with one attached hydrogen (secondary N) is 1. The minimum Gasteiger partial charge on any atom is -0.465 e. The Balaban J connectivity index is 1.57. The quantitative estimate of drug-likeness (QED) is 0.332. The highest BCUT2D eigenvalue weighted by molar-refractivity contribution is 8.00. The molecular weight excluding hydrogens is 420 g/mol. The van der Waals surface area contributed by atoms with Crippen LogP contribution in [-0.2, 0) is 15.2 Å². The summed E-state index contributed by atoms with van der Waals surface area (Å²) in [6, 6.07) is 7.13. The van der Waals surface area contributed by atoms with E-state index < -0.39 is 6.09 Å². The Kier molecular flexibility index (Phi) is 6.95. The molecule has 3 aromatic rings. The zero-order chi connectivity index (χ0) is 19.9. The third-order valence-electron chi connectivity index (χ3n) is 3.34. The first kappa shape index (κ1) is 20.2. The molecule has 0 atom stereocenters. The van der Waals surface area contributed by atoms with Crippen LogP contribution in [0.1, 0.15) is 23.0 Å². The first-order chi connectivity index (χ1) is 13.6. The highest BCUT2D eigenvalue weighted by Crippen LogP contribution is 2.30. The monoisotopic (exact) mass is 436 g/mol. The number of carbonyl (C=O) groups is 2. The van der Waals surface area contributed by atoms with Gasteiger partial charge in [0, 0.05) is 16.7 Å². The van der Waals surface area contributed by atoms with Crippen molar-refractivity contribution in [3.8, 4) is 10.6 Å². The molecule has 0 spiro atoms. The number of thioether (sulfide) groups is 1. The van der Waals surface area contributed by atoms with Gasteiger partial charge in [0.15, 0.2) is 4.34 Å². The molecule has 0 aliphatic rings.